The Morgan fingerprint density at radius 3 is 2.62 bits per heavy atom. The Morgan fingerprint density at radius 1 is 1.46 bits per heavy atom. The van der Waals surface area contributed by atoms with Gasteiger partial charge in [0.1, 0.15) is 0 Å². The van der Waals surface area contributed by atoms with Gasteiger partial charge in [-0.3, -0.25) is 4.90 Å². The maximum absolute atomic E-state index is 11.2. The normalized spacial score (nSPS) is 9.38. The maximum Gasteiger partial charge on any atom is 0.415 e. The highest BCUT2D eigenvalue weighted by atomic mass is 35.5. The van der Waals surface area contributed by atoms with Crippen molar-refractivity contribution >= 4 is 23.4 Å². The van der Waals surface area contributed by atoms with Crippen molar-refractivity contribution < 1.29 is 9.53 Å². The van der Waals surface area contributed by atoms with Crippen LogP contribution in [-0.4, -0.2) is 19.2 Å². The van der Waals surface area contributed by atoms with E-state index in [4.69, 9.17) is 11.6 Å². The van der Waals surface area contributed by atoms with Crippen molar-refractivity contribution in [3.63, 3.8) is 0 Å². The molecule has 3 nitrogen and oxygen atoms in total. The molecule has 0 heterocycles. The van der Waals surface area contributed by atoms with E-state index >= 15 is 0 Å². The predicted molar refractivity (Wildman–Crippen MR) is 52.0 cm³/mol. The molecule has 0 fully saturated rings. The predicted octanol–water partition coefficient (Wildman–Crippen LogP) is 2.46. The zero-order valence-electron chi connectivity index (χ0n) is 7.24. The minimum Gasteiger partial charge on any atom is -0.433 e. The number of hydrogen-bond donors (Lipinski definition) is 0. The molecular formula is C9H10ClNO2. The molecule has 1 rings (SSSR count). The molecular weight excluding hydrogens is 190 g/mol. The maximum atomic E-state index is 11.2. The van der Waals surface area contributed by atoms with Crippen molar-refractivity contribution in [3.8, 4) is 0 Å². The van der Waals surface area contributed by atoms with Crippen molar-refractivity contribution in [2.45, 2.75) is 0 Å². The smallest absolute Gasteiger partial charge is 0.415 e. The Labute approximate surface area is 81.9 Å². The summed E-state index contributed by atoms with van der Waals surface area (Å²) in [5.74, 6) is 0. The second-order valence-electron chi connectivity index (χ2n) is 2.41. The summed E-state index contributed by atoms with van der Waals surface area (Å²) in [4.78, 5) is 12.6. The van der Waals surface area contributed by atoms with Crippen LogP contribution in [-0.2, 0) is 4.74 Å². The number of nitrogens with zero attached hydrogens (tertiary/aromatic N) is 1. The molecule has 0 aliphatic rings. The SMILES string of the molecule is CN(C(=O)OCCl)c1ccccc1. The summed E-state index contributed by atoms with van der Waals surface area (Å²) < 4.78 is 4.61. The first-order valence-corrected chi connectivity index (χ1v) is 4.30. The molecule has 0 unspecified atom stereocenters. The van der Waals surface area contributed by atoms with Gasteiger partial charge in [-0.1, -0.05) is 29.8 Å². The average Bonchev–Trinajstić information content (AvgIpc) is 2.18. The second-order valence-corrected chi connectivity index (χ2v) is 2.63. The van der Waals surface area contributed by atoms with E-state index < -0.39 is 6.09 Å². The van der Waals surface area contributed by atoms with Crippen LogP contribution in [0.15, 0.2) is 30.3 Å². The van der Waals surface area contributed by atoms with Crippen LogP contribution >= 0.6 is 11.6 Å². The van der Waals surface area contributed by atoms with Crippen LogP contribution in [0.5, 0.6) is 0 Å². The molecule has 0 aromatic heterocycles. The highest BCUT2D eigenvalue weighted by Gasteiger charge is 2.10. The van der Waals surface area contributed by atoms with Crippen molar-refractivity contribution in [1.82, 2.24) is 0 Å². The summed E-state index contributed by atoms with van der Waals surface area (Å²) in [6.07, 6.45) is -0.457. The summed E-state index contributed by atoms with van der Waals surface area (Å²) in [6, 6.07) is 9.07. The van der Waals surface area contributed by atoms with Crippen LogP contribution in [0.25, 0.3) is 0 Å². The molecule has 1 aromatic carbocycles. The molecule has 4 heteroatoms. The first-order chi connectivity index (χ1) is 6.25. The van der Waals surface area contributed by atoms with Gasteiger partial charge in [0.05, 0.1) is 0 Å². The molecule has 13 heavy (non-hydrogen) atoms. The molecule has 0 radical (unpaired) electrons. The van der Waals surface area contributed by atoms with Gasteiger partial charge >= 0.3 is 6.09 Å². The molecule has 70 valence electrons. The summed E-state index contributed by atoms with van der Waals surface area (Å²) in [5.41, 5.74) is 0.776. The van der Waals surface area contributed by atoms with E-state index in [1.165, 1.54) is 4.90 Å². The van der Waals surface area contributed by atoms with Gasteiger partial charge in [-0.2, -0.15) is 0 Å². The molecule has 1 amide bonds. The van der Waals surface area contributed by atoms with E-state index in [1.807, 2.05) is 30.3 Å². The number of carbonyl (C=O) groups excluding carboxylic acids is 1. The lowest BCUT2D eigenvalue weighted by molar-refractivity contribution is 0.173. The van der Waals surface area contributed by atoms with E-state index in [9.17, 15) is 4.79 Å². The lowest BCUT2D eigenvalue weighted by Crippen LogP contribution is -2.26. The quantitative estimate of drug-likeness (QED) is 0.685. The molecule has 0 saturated carbocycles. The Bertz CT molecular complexity index is 276. The van der Waals surface area contributed by atoms with Crippen molar-refractivity contribution in [2.24, 2.45) is 0 Å². The molecule has 0 N–H and O–H groups in total. The van der Waals surface area contributed by atoms with Crippen LogP contribution in [0.2, 0.25) is 0 Å². The number of halogens is 1. The third-order valence-electron chi connectivity index (χ3n) is 1.60. The number of hydrogen-bond acceptors (Lipinski definition) is 2. The minimum absolute atomic E-state index is 0.129. The summed E-state index contributed by atoms with van der Waals surface area (Å²) >= 11 is 5.26. The van der Waals surface area contributed by atoms with Crippen molar-refractivity contribution in [3.05, 3.63) is 30.3 Å². The highest BCUT2D eigenvalue weighted by molar-refractivity contribution is 6.17. The number of carbonyl (C=O) groups is 1. The zero-order valence-corrected chi connectivity index (χ0v) is 7.99. The van der Waals surface area contributed by atoms with Gasteiger partial charge in [-0.25, -0.2) is 4.79 Å². The molecule has 0 aliphatic carbocycles. The van der Waals surface area contributed by atoms with Crippen LogP contribution in [0.3, 0.4) is 0 Å². The topological polar surface area (TPSA) is 29.5 Å². The fraction of sp³-hybridized carbons (Fsp3) is 0.222. The average molecular weight is 200 g/mol. The first kappa shape index (κ1) is 9.86. The third-order valence-corrected chi connectivity index (χ3v) is 1.70. The number of ether oxygens (including phenoxy) is 1. The summed E-state index contributed by atoms with van der Waals surface area (Å²) in [6.45, 7) is 0. The zero-order chi connectivity index (χ0) is 9.68. The highest BCUT2D eigenvalue weighted by Crippen LogP contribution is 2.11. The van der Waals surface area contributed by atoms with Gasteiger partial charge < -0.3 is 4.74 Å². The van der Waals surface area contributed by atoms with Gasteiger partial charge in [0, 0.05) is 12.7 Å². The molecule has 0 aliphatic heterocycles. The summed E-state index contributed by atoms with van der Waals surface area (Å²) in [7, 11) is 1.63. The van der Waals surface area contributed by atoms with E-state index in [0.717, 1.165) is 5.69 Å². The Kier molecular flexibility index (Phi) is 3.58. The standard InChI is InChI=1S/C9H10ClNO2/c1-11(9(12)13-7-10)8-5-3-2-4-6-8/h2-6H,7H2,1H3. The van der Waals surface area contributed by atoms with Gasteiger partial charge in [-0.15, -0.1) is 0 Å². The fourth-order valence-corrected chi connectivity index (χ4v) is 0.994. The third kappa shape index (κ3) is 2.63. The Balaban J connectivity index is 2.68. The molecule has 0 spiro atoms. The number of rotatable bonds is 2. The number of benzene rings is 1. The van der Waals surface area contributed by atoms with Crippen LogP contribution in [0, 0.1) is 0 Å². The van der Waals surface area contributed by atoms with Gasteiger partial charge in [0.2, 0.25) is 0 Å². The van der Waals surface area contributed by atoms with E-state index in [1.54, 1.807) is 7.05 Å². The van der Waals surface area contributed by atoms with E-state index in [2.05, 4.69) is 4.74 Å². The lowest BCUT2D eigenvalue weighted by Gasteiger charge is -2.15. The van der Waals surface area contributed by atoms with Crippen molar-refractivity contribution in [2.75, 3.05) is 18.0 Å². The van der Waals surface area contributed by atoms with Gasteiger partial charge in [-0.05, 0) is 12.1 Å². The van der Waals surface area contributed by atoms with Crippen molar-refractivity contribution in [1.29, 1.82) is 0 Å². The largest absolute Gasteiger partial charge is 0.433 e. The minimum atomic E-state index is -0.457. The first-order valence-electron chi connectivity index (χ1n) is 3.77. The second kappa shape index (κ2) is 4.72. The van der Waals surface area contributed by atoms with Crippen LogP contribution in [0.4, 0.5) is 10.5 Å². The molecule has 0 saturated heterocycles. The summed E-state index contributed by atoms with van der Waals surface area (Å²) in [5, 5.41) is 0. The molecule has 0 atom stereocenters. The number of anilines is 1. The number of amides is 1. The number of alkyl halides is 1. The van der Waals surface area contributed by atoms with E-state index in [-0.39, 0.29) is 6.07 Å². The Morgan fingerprint density at radius 2 is 2.08 bits per heavy atom. The molecule has 0 bridgehead atoms. The monoisotopic (exact) mass is 199 g/mol. The number of para-hydroxylation sites is 1. The van der Waals surface area contributed by atoms with Crippen LogP contribution in [0.1, 0.15) is 0 Å². The van der Waals surface area contributed by atoms with Crippen LogP contribution < -0.4 is 4.90 Å². The van der Waals surface area contributed by atoms with Gasteiger partial charge in [0.15, 0.2) is 6.07 Å². The fourth-order valence-electron chi connectivity index (χ4n) is 0.901. The lowest BCUT2D eigenvalue weighted by atomic mass is 10.3. The van der Waals surface area contributed by atoms with Gasteiger partial charge in [0.25, 0.3) is 0 Å². The Hall–Kier alpha value is -1.22. The van der Waals surface area contributed by atoms with E-state index in [0.29, 0.717) is 0 Å². The molecule has 1 aromatic rings.